The maximum Gasteiger partial charge on any atom is 0.276 e. The second-order valence-corrected chi connectivity index (χ2v) is 6.13. The van der Waals surface area contributed by atoms with E-state index in [4.69, 9.17) is 5.26 Å². The highest BCUT2D eigenvalue weighted by Crippen LogP contribution is 2.21. The molecule has 1 N–H and O–H groups in total. The molecule has 0 bridgehead atoms. The van der Waals surface area contributed by atoms with Crippen LogP contribution < -0.4 is 10.2 Å². The fourth-order valence-electron chi connectivity index (χ4n) is 2.80. The number of anilines is 3. The number of pyridine rings is 1. The van der Waals surface area contributed by atoms with Crippen molar-refractivity contribution in [3.63, 3.8) is 0 Å². The molecule has 0 unspecified atom stereocenters. The van der Waals surface area contributed by atoms with Gasteiger partial charge in [0.2, 0.25) is 0 Å². The van der Waals surface area contributed by atoms with E-state index in [1.807, 2.05) is 50.2 Å². The third kappa shape index (κ3) is 4.31. The normalized spacial score (nSPS) is 10.1. The third-order valence-electron chi connectivity index (χ3n) is 4.16. The van der Waals surface area contributed by atoms with E-state index in [2.05, 4.69) is 16.4 Å². The number of hydrogen-bond acceptors (Lipinski definition) is 4. The monoisotopic (exact) mass is 356 g/mol. The Balaban J connectivity index is 1.83. The van der Waals surface area contributed by atoms with Crippen molar-refractivity contribution in [1.82, 2.24) is 4.98 Å². The molecule has 5 heteroatoms. The Morgan fingerprint density at radius 3 is 2.56 bits per heavy atom. The molecule has 0 aliphatic carbocycles. The molecule has 3 rings (SSSR count). The number of rotatable bonds is 5. The lowest BCUT2D eigenvalue weighted by atomic mass is 10.2. The molecule has 2 aromatic carbocycles. The Kier molecular flexibility index (Phi) is 5.48. The molecular formula is C22H20N4O. The van der Waals surface area contributed by atoms with Gasteiger partial charge in [-0.05, 0) is 67.9 Å². The van der Waals surface area contributed by atoms with Crippen LogP contribution in [-0.2, 0) is 0 Å². The SMILES string of the molecule is CCN(C(=O)c1cc(Nc2ccc(C#N)cc2)ccn1)c1cccc(C)c1. The van der Waals surface area contributed by atoms with Gasteiger partial charge in [-0.2, -0.15) is 5.26 Å². The average Bonchev–Trinajstić information content (AvgIpc) is 2.69. The summed E-state index contributed by atoms with van der Waals surface area (Å²) >= 11 is 0. The van der Waals surface area contributed by atoms with Crippen molar-refractivity contribution in [3.05, 3.63) is 83.7 Å². The van der Waals surface area contributed by atoms with Crippen LogP contribution in [0.2, 0.25) is 0 Å². The maximum atomic E-state index is 13.0. The summed E-state index contributed by atoms with van der Waals surface area (Å²) in [4.78, 5) is 18.9. The molecule has 1 aromatic heterocycles. The van der Waals surface area contributed by atoms with Crippen LogP contribution in [0.15, 0.2) is 66.9 Å². The van der Waals surface area contributed by atoms with Crippen molar-refractivity contribution in [1.29, 1.82) is 5.26 Å². The molecule has 5 nitrogen and oxygen atoms in total. The van der Waals surface area contributed by atoms with Crippen molar-refractivity contribution in [2.24, 2.45) is 0 Å². The van der Waals surface area contributed by atoms with Gasteiger partial charge >= 0.3 is 0 Å². The van der Waals surface area contributed by atoms with Gasteiger partial charge in [0.05, 0.1) is 11.6 Å². The summed E-state index contributed by atoms with van der Waals surface area (Å²) in [5.74, 6) is -0.147. The number of hydrogen-bond donors (Lipinski definition) is 1. The zero-order valence-electron chi connectivity index (χ0n) is 15.3. The minimum atomic E-state index is -0.147. The molecule has 0 saturated carbocycles. The summed E-state index contributed by atoms with van der Waals surface area (Å²) in [6.45, 7) is 4.50. The number of nitrogens with one attached hydrogen (secondary N) is 1. The van der Waals surface area contributed by atoms with Gasteiger partial charge < -0.3 is 10.2 Å². The number of aromatic nitrogens is 1. The minimum absolute atomic E-state index is 0.147. The zero-order valence-corrected chi connectivity index (χ0v) is 15.3. The van der Waals surface area contributed by atoms with E-state index in [9.17, 15) is 4.79 Å². The molecule has 1 heterocycles. The van der Waals surface area contributed by atoms with Gasteiger partial charge in [-0.1, -0.05) is 12.1 Å². The average molecular weight is 356 g/mol. The lowest BCUT2D eigenvalue weighted by Gasteiger charge is -2.21. The Morgan fingerprint density at radius 1 is 1.11 bits per heavy atom. The molecular weight excluding hydrogens is 336 g/mol. The number of aryl methyl sites for hydroxylation is 1. The number of amides is 1. The molecule has 134 valence electrons. The van der Waals surface area contributed by atoms with Crippen molar-refractivity contribution in [2.75, 3.05) is 16.8 Å². The molecule has 0 fully saturated rings. The Bertz CT molecular complexity index is 990. The number of nitriles is 1. The summed E-state index contributed by atoms with van der Waals surface area (Å²) in [7, 11) is 0. The Labute approximate surface area is 158 Å². The first-order valence-electron chi connectivity index (χ1n) is 8.72. The van der Waals surface area contributed by atoms with Crippen molar-refractivity contribution < 1.29 is 4.79 Å². The van der Waals surface area contributed by atoms with E-state index in [0.717, 1.165) is 22.6 Å². The standard InChI is InChI=1S/C22H20N4O/c1-3-26(20-6-4-5-16(2)13-20)22(27)21-14-19(11-12-24-21)25-18-9-7-17(15-23)8-10-18/h4-14H,3H2,1-2H3,(H,24,25). The minimum Gasteiger partial charge on any atom is -0.355 e. The second-order valence-electron chi connectivity index (χ2n) is 6.13. The Morgan fingerprint density at radius 2 is 1.89 bits per heavy atom. The highest BCUT2D eigenvalue weighted by atomic mass is 16.2. The molecule has 0 spiro atoms. The Hall–Kier alpha value is -3.65. The highest BCUT2D eigenvalue weighted by molar-refractivity contribution is 6.05. The van der Waals surface area contributed by atoms with Gasteiger partial charge in [0.1, 0.15) is 5.69 Å². The first-order valence-corrected chi connectivity index (χ1v) is 8.72. The fourth-order valence-corrected chi connectivity index (χ4v) is 2.80. The highest BCUT2D eigenvalue weighted by Gasteiger charge is 2.18. The molecule has 0 radical (unpaired) electrons. The van der Waals surface area contributed by atoms with Crippen LogP contribution >= 0.6 is 0 Å². The zero-order chi connectivity index (χ0) is 19.2. The molecule has 0 saturated heterocycles. The van der Waals surface area contributed by atoms with E-state index in [-0.39, 0.29) is 5.91 Å². The van der Waals surface area contributed by atoms with Gasteiger partial charge in [-0.15, -0.1) is 0 Å². The summed E-state index contributed by atoms with van der Waals surface area (Å²) in [5.41, 5.74) is 4.53. The molecule has 0 aliphatic rings. The summed E-state index contributed by atoms with van der Waals surface area (Å²) in [6.07, 6.45) is 1.61. The maximum absolute atomic E-state index is 13.0. The lowest BCUT2D eigenvalue weighted by molar-refractivity contribution is 0.0983. The third-order valence-corrected chi connectivity index (χ3v) is 4.16. The van der Waals surface area contributed by atoms with Gasteiger partial charge in [-0.3, -0.25) is 9.78 Å². The van der Waals surface area contributed by atoms with E-state index in [0.29, 0.717) is 17.8 Å². The number of benzene rings is 2. The molecule has 27 heavy (non-hydrogen) atoms. The second kappa shape index (κ2) is 8.15. The van der Waals surface area contributed by atoms with Crippen molar-refractivity contribution in [3.8, 4) is 6.07 Å². The summed E-state index contributed by atoms with van der Waals surface area (Å²) in [6, 6.07) is 20.6. The van der Waals surface area contributed by atoms with Crippen LogP contribution in [0, 0.1) is 18.3 Å². The first-order chi connectivity index (χ1) is 13.1. The van der Waals surface area contributed by atoms with Crippen LogP contribution in [0.1, 0.15) is 28.5 Å². The summed E-state index contributed by atoms with van der Waals surface area (Å²) in [5, 5.41) is 12.1. The molecule has 1 amide bonds. The first kappa shape index (κ1) is 18.2. The smallest absolute Gasteiger partial charge is 0.276 e. The van der Waals surface area contributed by atoms with Gasteiger partial charge in [0.25, 0.3) is 5.91 Å². The van der Waals surface area contributed by atoms with E-state index < -0.39 is 0 Å². The summed E-state index contributed by atoms with van der Waals surface area (Å²) < 4.78 is 0. The number of carbonyl (C=O) groups excluding carboxylic acids is 1. The molecule has 0 atom stereocenters. The predicted octanol–water partition coefficient (Wildman–Crippen LogP) is 4.67. The topological polar surface area (TPSA) is 69.0 Å². The number of carbonyl (C=O) groups is 1. The predicted molar refractivity (Wildman–Crippen MR) is 107 cm³/mol. The lowest BCUT2D eigenvalue weighted by Crippen LogP contribution is -2.31. The molecule has 0 aliphatic heterocycles. The van der Waals surface area contributed by atoms with E-state index in [1.165, 1.54) is 0 Å². The van der Waals surface area contributed by atoms with Gasteiger partial charge in [0.15, 0.2) is 0 Å². The van der Waals surface area contributed by atoms with Gasteiger partial charge in [-0.25, -0.2) is 0 Å². The van der Waals surface area contributed by atoms with Crippen molar-refractivity contribution >= 4 is 23.0 Å². The number of nitrogens with zero attached hydrogens (tertiary/aromatic N) is 3. The quantitative estimate of drug-likeness (QED) is 0.721. The van der Waals surface area contributed by atoms with Gasteiger partial charge in [0, 0.05) is 29.8 Å². The molecule has 3 aromatic rings. The van der Waals surface area contributed by atoms with Crippen molar-refractivity contribution in [2.45, 2.75) is 13.8 Å². The van der Waals surface area contributed by atoms with Crippen LogP contribution in [0.25, 0.3) is 0 Å². The fraction of sp³-hybridized carbons (Fsp3) is 0.136. The van der Waals surface area contributed by atoms with Crippen LogP contribution in [0.3, 0.4) is 0 Å². The van der Waals surface area contributed by atoms with E-state index >= 15 is 0 Å². The largest absolute Gasteiger partial charge is 0.355 e. The van der Waals surface area contributed by atoms with E-state index in [1.54, 1.807) is 35.4 Å². The van der Waals surface area contributed by atoms with Crippen LogP contribution in [-0.4, -0.2) is 17.4 Å². The van der Waals surface area contributed by atoms with Crippen LogP contribution in [0.4, 0.5) is 17.1 Å². The van der Waals surface area contributed by atoms with Crippen LogP contribution in [0.5, 0.6) is 0 Å².